The van der Waals surface area contributed by atoms with Crippen LogP contribution in [-0.4, -0.2) is 38.2 Å². The zero-order valence-electron chi connectivity index (χ0n) is 17.6. The molecular formula is C23H33BrN2O2. The molecule has 1 N–H and O–H groups in total. The standard InChI is InChI=1S/C23H33BrN2O2/c1-5-26(6-2)13-7-12-25-16-20-14-21(24)23(22(15-20)27-4)28-17-19-10-8-18(3)9-11-19/h8-11,14-15,25H,5-7,12-13,16-17H2,1-4H3. The van der Waals surface area contributed by atoms with Gasteiger partial charge in [-0.25, -0.2) is 0 Å². The van der Waals surface area contributed by atoms with Crippen molar-refractivity contribution in [2.24, 2.45) is 0 Å². The lowest BCUT2D eigenvalue weighted by Gasteiger charge is -2.18. The van der Waals surface area contributed by atoms with Crippen LogP contribution in [0.15, 0.2) is 40.9 Å². The third-order valence-corrected chi connectivity index (χ3v) is 5.43. The molecule has 0 saturated heterocycles. The maximum absolute atomic E-state index is 6.04. The van der Waals surface area contributed by atoms with Crippen LogP contribution < -0.4 is 14.8 Å². The Morgan fingerprint density at radius 1 is 1.04 bits per heavy atom. The van der Waals surface area contributed by atoms with E-state index < -0.39 is 0 Å². The van der Waals surface area contributed by atoms with Crippen molar-refractivity contribution in [3.8, 4) is 11.5 Å². The molecular weight excluding hydrogens is 416 g/mol. The number of ether oxygens (including phenoxy) is 2. The van der Waals surface area contributed by atoms with E-state index >= 15 is 0 Å². The van der Waals surface area contributed by atoms with Gasteiger partial charge < -0.3 is 19.7 Å². The highest BCUT2D eigenvalue weighted by Crippen LogP contribution is 2.37. The van der Waals surface area contributed by atoms with Crippen molar-refractivity contribution in [2.75, 3.05) is 33.3 Å². The molecule has 0 radical (unpaired) electrons. The van der Waals surface area contributed by atoms with Gasteiger partial charge >= 0.3 is 0 Å². The number of halogens is 1. The number of rotatable bonds is 12. The Hall–Kier alpha value is -1.56. The predicted octanol–water partition coefficient (Wildman–Crippen LogP) is 5.17. The second-order valence-corrected chi connectivity index (χ2v) is 7.79. The van der Waals surface area contributed by atoms with Gasteiger partial charge in [-0.3, -0.25) is 0 Å². The van der Waals surface area contributed by atoms with Crippen molar-refractivity contribution in [3.63, 3.8) is 0 Å². The highest BCUT2D eigenvalue weighted by molar-refractivity contribution is 9.10. The molecule has 0 aliphatic heterocycles. The lowest BCUT2D eigenvalue weighted by molar-refractivity contribution is 0.282. The van der Waals surface area contributed by atoms with Crippen molar-refractivity contribution in [2.45, 2.75) is 40.3 Å². The maximum Gasteiger partial charge on any atom is 0.175 e. The lowest BCUT2D eigenvalue weighted by Crippen LogP contribution is -2.27. The van der Waals surface area contributed by atoms with Crippen molar-refractivity contribution < 1.29 is 9.47 Å². The normalized spacial score (nSPS) is 11.1. The number of nitrogens with one attached hydrogen (secondary N) is 1. The van der Waals surface area contributed by atoms with Gasteiger partial charge in [-0.15, -0.1) is 0 Å². The van der Waals surface area contributed by atoms with E-state index in [1.165, 1.54) is 11.1 Å². The fourth-order valence-electron chi connectivity index (χ4n) is 3.06. The lowest BCUT2D eigenvalue weighted by atomic mass is 10.1. The summed E-state index contributed by atoms with van der Waals surface area (Å²) in [6.07, 6.45) is 1.15. The van der Waals surface area contributed by atoms with Crippen molar-refractivity contribution in [1.29, 1.82) is 0 Å². The number of hydrogen-bond donors (Lipinski definition) is 1. The molecule has 0 aliphatic rings. The first-order chi connectivity index (χ1) is 13.6. The van der Waals surface area contributed by atoms with Gasteiger partial charge in [0.2, 0.25) is 0 Å². The molecule has 28 heavy (non-hydrogen) atoms. The second kappa shape index (κ2) is 12.1. The monoisotopic (exact) mass is 448 g/mol. The molecule has 5 heteroatoms. The van der Waals surface area contributed by atoms with Gasteiger partial charge in [-0.1, -0.05) is 43.7 Å². The molecule has 154 valence electrons. The molecule has 2 aromatic rings. The molecule has 0 amide bonds. The first-order valence-corrected chi connectivity index (χ1v) is 10.8. The van der Waals surface area contributed by atoms with Gasteiger partial charge in [0.25, 0.3) is 0 Å². The fourth-order valence-corrected chi connectivity index (χ4v) is 3.66. The Morgan fingerprint density at radius 2 is 1.75 bits per heavy atom. The number of benzene rings is 2. The molecule has 2 aromatic carbocycles. The summed E-state index contributed by atoms with van der Waals surface area (Å²) in [4.78, 5) is 2.45. The number of methoxy groups -OCH3 is 1. The minimum absolute atomic E-state index is 0.512. The molecule has 0 spiro atoms. The SMILES string of the molecule is CCN(CC)CCCNCc1cc(Br)c(OCc2ccc(C)cc2)c(OC)c1. The predicted molar refractivity (Wildman–Crippen MR) is 120 cm³/mol. The van der Waals surface area contributed by atoms with E-state index in [1.54, 1.807) is 7.11 Å². The largest absolute Gasteiger partial charge is 0.493 e. The van der Waals surface area contributed by atoms with Crippen LogP contribution >= 0.6 is 15.9 Å². The molecule has 0 atom stereocenters. The Kier molecular flexibility index (Phi) is 9.82. The fraction of sp³-hybridized carbons (Fsp3) is 0.478. The van der Waals surface area contributed by atoms with Gasteiger partial charge in [-0.05, 0) is 78.7 Å². The van der Waals surface area contributed by atoms with Crippen LogP contribution in [0.4, 0.5) is 0 Å². The van der Waals surface area contributed by atoms with Gasteiger partial charge in [0, 0.05) is 6.54 Å². The minimum atomic E-state index is 0.512. The van der Waals surface area contributed by atoms with Crippen LogP contribution in [0.3, 0.4) is 0 Å². The van der Waals surface area contributed by atoms with Crippen LogP contribution in [0.2, 0.25) is 0 Å². The van der Waals surface area contributed by atoms with Gasteiger partial charge in [0.1, 0.15) is 6.61 Å². The average Bonchev–Trinajstić information content (AvgIpc) is 2.70. The summed E-state index contributed by atoms with van der Waals surface area (Å²) in [5, 5.41) is 3.52. The molecule has 4 nitrogen and oxygen atoms in total. The zero-order chi connectivity index (χ0) is 20.4. The third-order valence-electron chi connectivity index (χ3n) is 4.84. The van der Waals surface area contributed by atoms with Crippen molar-refractivity contribution in [3.05, 3.63) is 57.6 Å². The molecule has 0 saturated carbocycles. The quantitative estimate of drug-likeness (QED) is 0.454. The second-order valence-electron chi connectivity index (χ2n) is 6.94. The van der Waals surface area contributed by atoms with E-state index in [0.29, 0.717) is 6.61 Å². The molecule has 0 fully saturated rings. The van der Waals surface area contributed by atoms with Gasteiger partial charge in [0.15, 0.2) is 11.5 Å². The average molecular weight is 449 g/mol. The summed E-state index contributed by atoms with van der Waals surface area (Å²) in [6, 6.07) is 12.5. The van der Waals surface area contributed by atoms with E-state index in [0.717, 1.165) is 60.7 Å². The van der Waals surface area contributed by atoms with E-state index in [1.807, 2.05) is 6.07 Å². The van der Waals surface area contributed by atoms with Crippen molar-refractivity contribution in [1.82, 2.24) is 10.2 Å². The summed E-state index contributed by atoms with van der Waals surface area (Å²) in [7, 11) is 1.68. The Morgan fingerprint density at radius 3 is 2.39 bits per heavy atom. The Balaban J connectivity index is 1.90. The van der Waals surface area contributed by atoms with E-state index in [4.69, 9.17) is 9.47 Å². The highest BCUT2D eigenvalue weighted by atomic mass is 79.9. The zero-order valence-corrected chi connectivity index (χ0v) is 19.1. The minimum Gasteiger partial charge on any atom is -0.493 e. The number of aryl methyl sites for hydroxylation is 1. The van der Waals surface area contributed by atoms with Crippen LogP contribution in [0.1, 0.15) is 37.0 Å². The Bertz CT molecular complexity index is 715. The smallest absolute Gasteiger partial charge is 0.175 e. The highest BCUT2D eigenvalue weighted by Gasteiger charge is 2.12. The molecule has 0 unspecified atom stereocenters. The summed E-state index contributed by atoms with van der Waals surface area (Å²) >= 11 is 3.64. The molecule has 0 bridgehead atoms. The van der Waals surface area contributed by atoms with E-state index in [2.05, 4.69) is 77.2 Å². The number of hydrogen-bond acceptors (Lipinski definition) is 4. The molecule has 0 aromatic heterocycles. The van der Waals surface area contributed by atoms with Gasteiger partial charge in [0.05, 0.1) is 11.6 Å². The van der Waals surface area contributed by atoms with E-state index in [9.17, 15) is 0 Å². The van der Waals surface area contributed by atoms with E-state index in [-0.39, 0.29) is 0 Å². The molecule has 0 aliphatic carbocycles. The van der Waals surface area contributed by atoms with Crippen LogP contribution in [0, 0.1) is 6.92 Å². The Labute approximate surface area is 178 Å². The van der Waals surface area contributed by atoms with Gasteiger partial charge in [-0.2, -0.15) is 0 Å². The summed E-state index contributed by atoms with van der Waals surface area (Å²) in [5.41, 5.74) is 3.56. The summed E-state index contributed by atoms with van der Waals surface area (Å²) in [6.45, 7) is 12.2. The van der Waals surface area contributed by atoms with Crippen molar-refractivity contribution >= 4 is 15.9 Å². The van der Waals surface area contributed by atoms with Crippen LogP contribution in [-0.2, 0) is 13.2 Å². The van der Waals surface area contributed by atoms with Crippen LogP contribution in [0.5, 0.6) is 11.5 Å². The first kappa shape index (κ1) is 22.7. The summed E-state index contributed by atoms with van der Waals surface area (Å²) in [5.74, 6) is 1.50. The third kappa shape index (κ3) is 7.12. The first-order valence-electron chi connectivity index (χ1n) is 10.0. The maximum atomic E-state index is 6.04. The number of nitrogens with zero attached hydrogens (tertiary/aromatic N) is 1. The molecule has 0 heterocycles. The topological polar surface area (TPSA) is 33.7 Å². The molecule has 2 rings (SSSR count). The van der Waals surface area contributed by atoms with Crippen LogP contribution in [0.25, 0.3) is 0 Å². The summed E-state index contributed by atoms with van der Waals surface area (Å²) < 4.78 is 12.5.